The first-order valence-electron chi connectivity index (χ1n) is 6.92. The van der Waals surface area contributed by atoms with Gasteiger partial charge in [-0.05, 0) is 44.1 Å². The molecule has 11 heteroatoms. The van der Waals surface area contributed by atoms with Gasteiger partial charge in [0, 0.05) is 14.1 Å². The van der Waals surface area contributed by atoms with Crippen LogP contribution in [-0.4, -0.2) is 51.4 Å². The molecule has 136 valence electrons. The van der Waals surface area contributed by atoms with E-state index in [-0.39, 0.29) is 10.8 Å². The molecule has 1 aliphatic carbocycles. The minimum atomic E-state index is -0.819. The number of nitrogens with zero attached hydrogens (tertiary/aromatic N) is 4. The summed E-state index contributed by atoms with van der Waals surface area (Å²) in [6, 6.07) is 0. The van der Waals surface area contributed by atoms with Gasteiger partial charge >= 0.3 is 12.2 Å². The molecule has 0 N–H and O–H groups in total. The third kappa shape index (κ3) is 6.63. The number of thiol groups is 1. The Morgan fingerprint density at radius 1 is 1.08 bits per heavy atom. The number of carbonyl (C=O) groups is 3. The van der Waals surface area contributed by atoms with Crippen molar-refractivity contribution in [3.8, 4) is 0 Å². The summed E-state index contributed by atoms with van der Waals surface area (Å²) in [5.41, 5.74) is 1.34. The summed E-state index contributed by atoms with van der Waals surface area (Å²) < 4.78 is 2.06. The zero-order valence-electron chi connectivity index (χ0n) is 14.3. The maximum absolute atomic E-state index is 11.9. The van der Waals surface area contributed by atoms with E-state index in [1.54, 1.807) is 13.8 Å². The standard InChI is InChI=1S/C14H18N4O5S2/c1-8-6-11(7-9(2)12(8)19)16-23-14(21)18(5)25-17(4)13(20)22-15-10(3)24/h6-7H,1-5H3,(H,15,24). The van der Waals surface area contributed by atoms with E-state index in [2.05, 4.69) is 27.8 Å². The van der Waals surface area contributed by atoms with Gasteiger partial charge in [0.1, 0.15) is 10.8 Å². The highest BCUT2D eigenvalue weighted by atomic mass is 32.2. The second-order valence-corrected chi connectivity index (χ2v) is 6.84. The van der Waals surface area contributed by atoms with E-state index in [0.717, 1.165) is 20.7 Å². The van der Waals surface area contributed by atoms with Gasteiger partial charge in [-0.3, -0.25) is 14.5 Å². The Morgan fingerprint density at radius 2 is 1.56 bits per heavy atom. The van der Waals surface area contributed by atoms with E-state index in [9.17, 15) is 14.4 Å². The van der Waals surface area contributed by atoms with Gasteiger partial charge in [0.05, 0.1) is 12.1 Å². The lowest BCUT2D eigenvalue weighted by Gasteiger charge is -2.19. The Morgan fingerprint density at radius 3 is 2.04 bits per heavy atom. The number of allylic oxidation sites excluding steroid dienone is 4. The molecule has 0 aromatic heterocycles. The van der Waals surface area contributed by atoms with E-state index in [4.69, 9.17) is 4.84 Å². The van der Waals surface area contributed by atoms with Crippen LogP contribution in [0.5, 0.6) is 0 Å². The molecule has 0 fully saturated rings. The summed E-state index contributed by atoms with van der Waals surface area (Å²) in [6.07, 6.45) is 1.40. The van der Waals surface area contributed by atoms with Crippen molar-refractivity contribution >= 4 is 53.5 Å². The predicted molar refractivity (Wildman–Crippen MR) is 98.1 cm³/mol. The summed E-state index contributed by atoms with van der Waals surface area (Å²) >= 11 is 4.58. The highest BCUT2D eigenvalue weighted by molar-refractivity contribution is 7.96. The fourth-order valence-corrected chi connectivity index (χ4v) is 2.15. The first kappa shape index (κ1) is 20.8. The molecule has 0 bridgehead atoms. The molecule has 0 atom stereocenters. The van der Waals surface area contributed by atoms with Gasteiger partial charge in [-0.2, -0.15) is 0 Å². The molecule has 0 radical (unpaired) electrons. The average Bonchev–Trinajstić information content (AvgIpc) is 2.54. The van der Waals surface area contributed by atoms with Crippen molar-refractivity contribution in [3.63, 3.8) is 0 Å². The molecule has 2 amide bonds. The zero-order valence-corrected chi connectivity index (χ0v) is 16.1. The van der Waals surface area contributed by atoms with Gasteiger partial charge in [0.25, 0.3) is 0 Å². The highest BCUT2D eigenvalue weighted by Crippen LogP contribution is 2.16. The molecule has 0 saturated carbocycles. The van der Waals surface area contributed by atoms with Gasteiger partial charge in [-0.1, -0.05) is 10.3 Å². The number of hydrogen-bond acceptors (Lipinski definition) is 8. The third-order valence-electron chi connectivity index (χ3n) is 2.69. The van der Waals surface area contributed by atoms with Crippen LogP contribution in [0.3, 0.4) is 0 Å². The molecule has 1 aliphatic rings. The normalized spacial score (nSPS) is 14.4. The van der Waals surface area contributed by atoms with Crippen molar-refractivity contribution in [2.75, 3.05) is 14.1 Å². The molecule has 9 nitrogen and oxygen atoms in total. The Labute approximate surface area is 155 Å². The predicted octanol–water partition coefficient (Wildman–Crippen LogP) is 2.78. The van der Waals surface area contributed by atoms with E-state index >= 15 is 0 Å². The number of carbonyl (C=O) groups excluding carboxylic acids is 3. The quantitative estimate of drug-likeness (QED) is 0.152. The summed E-state index contributed by atoms with van der Waals surface area (Å²) in [7, 11) is 2.77. The van der Waals surface area contributed by atoms with E-state index in [1.165, 1.54) is 33.2 Å². The molecule has 0 saturated heterocycles. The minimum absolute atomic E-state index is 0.0859. The maximum Gasteiger partial charge on any atom is 0.447 e. The molecular weight excluding hydrogens is 368 g/mol. The monoisotopic (exact) mass is 386 g/mol. The van der Waals surface area contributed by atoms with Crippen molar-refractivity contribution in [1.29, 1.82) is 0 Å². The molecule has 25 heavy (non-hydrogen) atoms. The Balaban J connectivity index is 2.60. The van der Waals surface area contributed by atoms with Gasteiger partial charge in [-0.25, -0.2) is 18.2 Å². The zero-order chi connectivity index (χ0) is 19.1. The summed E-state index contributed by atoms with van der Waals surface area (Å²) in [6.45, 7) is 4.83. The molecule has 0 heterocycles. The van der Waals surface area contributed by atoms with Gasteiger partial charge in [-0.15, -0.1) is 12.6 Å². The largest absolute Gasteiger partial charge is 0.447 e. The summed E-state index contributed by atoms with van der Waals surface area (Å²) in [5, 5.41) is 7.36. The fraction of sp³-hybridized carbons (Fsp3) is 0.357. The maximum atomic E-state index is 11.9. The summed E-state index contributed by atoms with van der Waals surface area (Å²) in [5.74, 6) is -0.0859. The van der Waals surface area contributed by atoms with Gasteiger partial charge < -0.3 is 0 Å². The molecule has 1 rings (SSSR count). The average molecular weight is 386 g/mol. The number of oxime groups is 2. The van der Waals surface area contributed by atoms with Crippen molar-refractivity contribution < 1.29 is 24.1 Å². The molecular formula is C14H18N4O5S2. The van der Waals surface area contributed by atoms with Crippen molar-refractivity contribution in [2.45, 2.75) is 20.8 Å². The van der Waals surface area contributed by atoms with Gasteiger partial charge in [0.2, 0.25) is 0 Å². The van der Waals surface area contributed by atoms with Crippen molar-refractivity contribution in [3.05, 3.63) is 23.3 Å². The van der Waals surface area contributed by atoms with Crippen LogP contribution in [0.4, 0.5) is 9.59 Å². The Kier molecular flexibility index (Phi) is 7.71. The molecule has 0 aliphatic heterocycles. The lowest BCUT2D eigenvalue weighted by atomic mass is 9.98. The molecule has 0 spiro atoms. The number of ketones is 1. The smallest absolute Gasteiger partial charge is 0.297 e. The van der Waals surface area contributed by atoms with Crippen LogP contribution in [-0.2, 0) is 14.5 Å². The second-order valence-electron chi connectivity index (χ2n) is 4.93. The fourth-order valence-electron chi connectivity index (χ4n) is 1.54. The number of hydrogen-bond donors (Lipinski definition) is 1. The van der Waals surface area contributed by atoms with Gasteiger partial charge in [0.15, 0.2) is 5.78 Å². The highest BCUT2D eigenvalue weighted by Gasteiger charge is 2.20. The lowest BCUT2D eigenvalue weighted by Crippen LogP contribution is -2.28. The molecule has 0 aromatic rings. The van der Waals surface area contributed by atoms with E-state index in [0.29, 0.717) is 16.9 Å². The number of rotatable bonds is 4. The van der Waals surface area contributed by atoms with Crippen LogP contribution in [0.15, 0.2) is 33.6 Å². The Bertz CT molecular complexity index is 671. The number of amides is 2. The van der Waals surface area contributed by atoms with Crippen molar-refractivity contribution in [1.82, 2.24) is 8.61 Å². The second kappa shape index (κ2) is 9.28. The lowest BCUT2D eigenvalue weighted by molar-refractivity contribution is -0.112. The molecule has 0 aromatic carbocycles. The van der Waals surface area contributed by atoms with Crippen LogP contribution in [0.25, 0.3) is 0 Å². The van der Waals surface area contributed by atoms with E-state index < -0.39 is 12.2 Å². The van der Waals surface area contributed by atoms with Crippen LogP contribution in [0, 0.1) is 0 Å². The number of Topliss-reactive ketones (excluding diaryl/α,β-unsaturated/α-hetero) is 1. The molecule has 0 unspecified atom stereocenters. The first-order valence-corrected chi connectivity index (χ1v) is 8.10. The first-order chi connectivity index (χ1) is 11.6. The van der Waals surface area contributed by atoms with Crippen LogP contribution in [0.1, 0.15) is 20.8 Å². The van der Waals surface area contributed by atoms with E-state index in [1.807, 2.05) is 0 Å². The Hall–Kier alpha value is -2.27. The van der Waals surface area contributed by atoms with Crippen LogP contribution in [0.2, 0.25) is 0 Å². The topological polar surface area (TPSA) is 101 Å². The SMILES string of the molecule is CC1=CC(=NOC(=O)N(C)SN(C)C(=O)ON=C(C)S)C=C(C)C1=O. The van der Waals surface area contributed by atoms with Crippen molar-refractivity contribution in [2.24, 2.45) is 10.3 Å². The van der Waals surface area contributed by atoms with Crippen LogP contribution >= 0.6 is 24.8 Å². The minimum Gasteiger partial charge on any atom is -0.297 e. The van der Waals surface area contributed by atoms with Crippen LogP contribution < -0.4 is 0 Å². The third-order valence-corrected chi connectivity index (χ3v) is 3.56. The summed E-state index contributed by atoms with van der Waals surface area (Å²) in [4.78, 5) is 44.5.